The molecule has 0 fully saturated rings. The molecule has 3 amide bonds. The molecule has 0 saturated heterocycles. The Labute approximate surface area is 226 Å². The lowest BCUT2D eigenvalue weighted by Gasteiger charge is -2.23. The standard InChI is InChI=1S/C26H30Cl3N5O2/c1-5-6-13-33(25(36)30-20-12-11-17(27)14-19(20)29)16-24(35)31-23-15-22(26(2,3)4)32-34(23)21-10-8-7-9-18(21)28/h7-12,14-15H,5-6,13,16H2,1-4H3,(H,30,36)(H,31,35). The molecule has 3 aromatic rings. The first-order valence-corrected chi connectivity index (χ1v) is 12.8. The van der Waals surface area contributed by atoms with Gasteiger partial charge in [0, 0.05) is 23.0 Å². The molecule has 7 nitrogen and oxygen atoms in total. The van der Waals surface area contributed by atoms with Crippen molar-refractivity contribution in [2.75, 3.05) is 23.7 Å². The highest BCUT2D eigenvalue weighted by atomic mass is 35.5. The predicted molar refractivity (Wildman–Crippen MR) is 148 cm³/mol. The summed E-state index contributed by atoms with van der Waals surface area (Å²) < 4.78 is 1.62. The molecular formula is C26H30Cl3N5O2. The van der Waals surface area contributed by atoms with E-state index < -0.39 is 6.03 Å². The number of urea groups is 1. The lowest BCUT2D eigenvalue weighted by Crippen LogP contribution is -2.41. The molecule has 0 spiro atoms. The fourth-order valence-corrected chi connectivity index (χ4v) is 4.06. The summed E-state index contributed by atoms with van der Waals surface area (Å²) in [5.41, 5.74) is 1.59. The van der Waals surface area contributed by atoms with Crippen LogP contribution in [0.1, 0.15) is 46.2 Å². The van der Waals surface area contributed by atoms with E-state index in [4.69, 9.17) is 39.9 Å². The van der Waals surface area contributed by atoms with Crippen LogP contribution in [0.5, 0.6) is 0 Å². The maximum atomic E-state index is 13.1. The van der Waals surface area contributed by atoms with Crippen molar-refractivity contribution in [1.82, 2.24) is 14.7 Å². The number of anilines is 2. The number of benzene rings is 2. The first-order chi connectivity index (χ1) is 17.0. The maximum absolute atomic E-state index is 13.1. The molecule has 0 atom stereocenters. The largest absolute Gasteiger partial charge is 0.322 e. The fraction of sp³-hybridized carbons (Fsp3) is 0.346. The molecule has 36 heavy (non-hydrogen) atoms. The summed E-state index contributed by atoms with van der Waals surface area (Å²) in [4.78, 5) is 27.6. The van der Waals surface area contributed by atoms with Crippen molar-refractivity contribution in [2.24, 2.45) is 0 Å². The first-order valence-electron chi connectivity index (χ1n) is 11.7. The molecule has 10 heteroatoms. The Morgan fingerprint density at radius 2 is 1.72 bits per heavy atom. The van der Waals surface area contributed by atoms with Crippen LogP contribution in [0.15, 0.2) is 48.5 Å². The highest BCUT2D eigenvalue weighted by Gasteiger charge is 2.24. The zero-order valence-corrected chi connectivity index (χ0v) is 23.0. The summed E-state index contributed by atoms with van der Waals surface area (Å²) in [7, 11) is 0. The van der Waals surface area contributed by atoms with Gasteiger partial charge in [-0.25, -0.2) is 9.48 Å². The second-order valence-electron chi connectivity index (χ2n) is 9.41. The summed E-state index contributed by atoms with van der Waals surface area (Å²) in [5.74, 6) is 0.103. The number of nitrogens with zero attached hydrogens (tertiary/aromatic N) is 3. The lowest BCUT2D eigenvalue weighted by molar-refractivity contribution is -0.116. The lowest BCUT2D eigenvalue weighted by atomic mass is 9.92. The van der Waals surface area contributed by atoms with Gasteiger partial charge in [0.05, 0.1) is 27.1 Å². The summed E-state index contributed by atoms with van der Waals surface area (Å²) in [6.45, 7) is 8.37. The van der Waals surface area contributed by atoms with E-state index in [-0.39, 0.29) is 17.9 Å². The third-order valence-corrected chi connectivity index (χ3v) is 6.27. The van der Waals surface area contributed by atoms with Gasteiger partial charge in [-0.3, -0.25) is 4.79 Å². The van der Waals surface area contributed by atoms with E-state index in [9.17, 15) is 9.59 Å². The smallest absolute Gasteiger partial charge is 0.315 e. The molecule has 3 rings (SSSR count). The number of carbonyl (C=O) groups excluding carboxylic acids is 2. The molecule has 1 heterocycles. The summed E-state index contributed by atoms with van der Waals surface area (Å²) >= 11 is 18.6. The molecule has 0 radical (unpaired) electrons. The number of halogens is 3. The third-order valence-electron chi connectivity index (χ3n) is 5.40. The number of hydrogen-bond donors (Lipinski definition) is 2. The van der Waals surface area contributed by atoms with Crippen LogP contribution < -0.4 is 10.6 Å². The van der Waals surface area contributed by atoms with Crippen molar-refractivity contribution in [2.45, 2.75) is 46.0 Å². The average Bonchev–Trinajstić information content (AvgIpc) is 3.22. The minimum atomic E-state index is -0.433. The predicted octanol–water partition coefficient (Wildman–Crippen LogP) is 7.40. The number of hydrogen-bond acceptors (Lipinski definition) is 3. The Bertz CT molecular complexity index is 1240. The number of amides is 3. The van der Waals surface area contributed by atoms with E-state index in [0.717, 1.165) is 18.5 Å². The van der Waals surface area contributed by atoms with Crippen LogP contribution in [0.25, 0.3) is 5.69 Å². The van der Waals surface area contributed by atoms with E-state index >= 15 is 0 Å². The highest BCUT2D eigenvalue weighted by Crippen LogP contribution is 2.29. The Kier molecular flexibility index (Phi) is 9.28. The van der Waals surface area contributed by atoms with E-state index in [0.29, 0.717) is 38.8 Å². The van der Waals surface area contributed by atoms with Gasteiger partial charge in [-0.2, -0.15) is 5.10 Å². The topological polar surface area (TPSA) is 79.3 Å². The summed E-state index contributed by atoms with van der Waals surface area (Å²) in [6, 6.07) is 13.5. The van der Waals surface area contributed by atoms with Gasteiger partial charge in [0.1, 0.15) is 12.4 Å². The van der Waals surface area contributed by atoms with Gasteiger partial charge in [-0.1, -0.05) is 81.1 Å². The van der Waals surface area contributed by atoms with E-state index in [1.807, 2.05) is 52.0 Å². The Morgan fingerprint density at radius 1 is 1.00 bits per heavy atom. The van der Waals surface area contributed by atoms with Crippen LogP contribution >= 0.6 is 34.8 Å². The zero-order valence-electron chi connectivity index (χ0n) is 20.7. The third kappa shape index (κ3) is 7.15. The summed E-state index contributed by atoms with van der Waals surface area (Å²) in [5, 5.41) is 11.7. The second-order valence-corrected chi connectivity index (χ2v) is 10.7. The maximum Gasteiger partial charge on any atom is 0.322 e. The molecule has 0 unspecified atom stereocenters. The number of aromatic nitrogens is 2. The molecule has 2 N–H and O–H groups in total. The molecule has 192 valence electrons. The van der Waals surface area contributed by atoms with Gasteiger partial charge in [0.15, 0.2) is 0 Å². The Hall–Kier alpha value is -2.74. The highest BCUT2D eigenvalue weighted by molar-refractivity contribution is 6.36. The van der Waals surface area contributed by atoms with Crippen molar-refractivity contribution in [3.63, 3.8) is 0 Å². The SMILES string of the molecule is CCCCN(CC(=O)Nc1cc(C(C)(C)C)nn1-c1ccccc1Cl)C(=O)Nc1ccc(Cl)cc1Cl. The first kappa shape index (κ1) is 27.8. The molecule has 1 aromatic heterocycles. The molecule has 0 saturated carbocycles. The van der Waals surface area contributed by atoms with Gasteiger partial charge >= 0.3 is 6.03 Å². The number of nitrogens with one attached hydrogen (secondary N) is 2. The van der Waals surface area contributed by atoms with Crippen molar-refractivity contribution in [1.29, 1.82) is 0 Å². The minimum absolute atomic E-state index is 0.157. The normalized spacial score (nSPS) is 11.3. The van der Waals surface area contributed by atoms with Crippen LogP contribution in [0.3, 0.4) is 0 Å². The second kappa shape index (κ2) is 12.0. The van der Waals surface area contributed by atoms with Crippen LogP contribution in [0.2, 0.25) is 15.1 Å². The number of unbranched alkanes of at least 4 members (excludes halogenated alkanes) is 1. The van der Waals surface area contributed by atoms with Gasteiger partial charge in [0.25, 0.3) is 0 Å². The fourth-order valence-electron chi connectivity index (χ4n) is 3.39. The van der Waals surface area contributed by atoms with Crippen LogP contribution in [-0.4, -0.2) is 39.7 Å². The summed E-state index contributed by atoms with van der Waals surface area (Å²) in [6.07, 6.45) is 1.60. The molecule has 0 bridgehead atoms. The Morgan fingerprint density at radius 3 is 2.36 bits per heavy atom. The van der Waals surface area contributed by atoms with Crippen molar-refractivity contribution in [3.05, 3.63) is 69.3 Å². The minimum Gasteiger partial charge on any atom is -0.315 e. The Balaban J connectivity index is 1.82. The van der Waals surface area contributed by atoms with Gasteiger partial charge in [-0.15, -0.1) is 0 Å². The van der Waals surface area contributed by atoms with Crippen LogP contribution in [-0.2, 0) is 10.2 Å². The van der Waals surface area contributed by atoms with Crippen molar-refractivity contribution in [3.8, 4) is 5.69 Å². The quantitative estimate of drug-likeness (QED) is 0.307. The van der Waals surface area contributed by atoms with Gasteiger partial charge < -0.3 is 15.5 Å². The van der Waals surface area contributed by atoms with Gasteiger partial charge in [0.2, 0.25) is 5.91 Å². The average molecular weight is 551 g/mol. The van der Waals surface area contributed by atoms with Crippen molar-refractivity contribution >= 4 is 58.2 Å². The zero-order chi connectivity index (χ0) is 26.5. The molecule has 2 aromatic carbocycles. The number of rotatable bonds is 8. The van der Waals surface area contributed by atoms with Gasteiger partial charge in [-0.05, 0) is 36.8 Å². The molecule has 0 aliphatic rings. The number of carbonyl (C=O) groups is 2. The molecule has 0 aliphatic heterocycles. The van der Waals surface area contributed by atoms with Crippen LogP contribution in [0.4, 0.5) is 16.3 Å². The molecule has 0 aliphatic carbocycles. The van der Waals surface area contributed by atoms with E-state index in [1.165, 1.54) is 4.90 Å². The molecular weight excluding hydrogens is 521 g/mol. The van der Waals surface area contributed by atoms with E-state index in [1.54, 1.807) is 28.9 Å². The van der Waals surface area contributed by atoms with Crippen LogP contribution in [0, 0.1) is 0 Å². The van der Waals surface area contributed by atoms with E-state index in [2.05, 4.69) is 10.6 Å². The van der Waals surface area contributed by atoms with Crippen molar-refractivity contribution < 1.29 is 9.59 Å². The monoisotopic (exact) mass is 549 g/mol. The number of para-hydroxylation sites is 1.